The van der Waals surface area contributed by atoms with Crippen molar-refractivity contribution < 1.29 is 4.74 Å². The van der Waals surface area contributed by atoms with Gasteiger partial charge in [-0.05, 0) is 23.6 Å². The van der Waals surface area contributed by atoms with Crippen LogP contribution < -0.4 is 4.74 Å². The van der Waals surface area contributed by atoms with E-state index in [9.17, 15) is 5.26 Å². The Bertz CT molecular complexity index is 611. The van der Waals surface area contributed by atoms with E-state index < -0.39 is 0 Å². The summed E-state index contributed by atoms with van der Waals surface area (Å²) in [5.41, 5.74) is 1.20. The highest BCUT2D eigenvalue weighted by Gasteiger charge is 2.13. The normalized spacial score (nSPS) is 11.6. The van der Waals surface area contributed by atoms with E-state index in [0.29, 0.717) is 16.4 Å². The van der Waals surface area contributed by atoms with Crippen LogP contribution >= 0.6 is 22.9 Å². The Hall–Kier alpha value is -1.76. The third kappa shape index (κ3) is 2.40. The minimum Gasteiger partial charge on any atom is -0.496 e. The van der Waals surface area contributed by atoms with Gasteiger partial charge in [0.15, 0.2) is 0 Å². The minimum absolute atomic E-state index is 0.414. The van der Waals surface area contributed by atoms with Crippen LogP contribution in [0.2, 0.25) is 0 Å². The van der Waals surface area contributed by atoms with Crippen molar-refractivity contribution in [2.24, 2.45) is 0 Å². The first-order valence-corrected chi connectivity index (χ1v) is 6.51. The number of para-hydroxylation sites is 1. The van der Waals surface area contributed by atoms with Crippen molar-refractivity contribution in [3.05, 3.63) is 52.2 Å². The predicted molar refractivity (Wildman–Crippen MR) is 75.6 cm³/mol. The van der Waals surface area contributed by atoms with Crippen LogP contribution in [0.5, 0.6) is 5.75 Å². The Kier molecular flexibility index (Phi) is 4.03. The zero-order chi connectivity index (χ0) is 13.0. The number of halogens is 1. The zero-order valence-corrected chi connectivity index (χ0v) is 11.3. The van der Waals surface area contributed by atoms with Gasteiger partial charge in [-0.25, -0.2) is 0 Å². The maximum atomic E-state index is 9.27. The van der Waals surface area contributed by atoms with Crippen LogP contribution in [-0.4, -0.2) is 7.11 Å². The Morgan fingerprint density at radius 3 is 2.67 bits per heavy atom. The number of ether oxygens (including phenoxy) is 1. The van der Waals surface area contributed by atoms with E-state index in [2.05, 4.69) is 6.07 Å². The number of allylic oxidation sites excluding steroid dienone is 1. The number of rotatable bonds is 3. The molecular formula is C14H10ClNOS. The largest absolute Gasteiger partial charge is 0.496 e. The van der Waals surface area contributed by atoms with E-state index >= 15 is 0 Å². The van der Waals surface area contributed by atoms with Gasteiger partial charge in [0.25, 0.3) is 0 Å². The Morgan fingerprint density at radius 2 is 2.06 bits per heavy atom. The highest BCUT2D eigenvalue weighted by atomic mass is 35.5. The van der Waals surface area contributed by atoms with Gasteiger partial charge in [0.1, 0.15) is 11.8 Å². The second-order valence-corrected chi connectivity index (χ2v) is 4.80. The first kappa shape index (κ1) is 12.7. The van der Waals surface area contributed by atoms with Crippen molar-refractivity contribution in [3.63, 3.8) is 0 Å². The highest BCUT2D eigenvalue weighted by Crippen LogP contribution is 2.35. The number of nitrogens with zero attached hydrogens (tertiary/aromatic N) is 1. The van der Waals surface area contributed by atoms with Gasteiger partial charge in [0.05, 0.1) is 17.7 Å². The lowest BCUT2D eigenvalue weighted by Crippen LogP contribution is -1.90. The molecular weight excluding hydrogens is 266 g/mol. The Balaban J connectivity index is 2.58. The van der Waals surface area contributed by atoms with Crippen LogP contribution in [0.4, 0.5) is 0 Å². The summed E-state index contributed by atoms with van der Waals surface area (Å²) in [5.74, 6) is 0.659. The molecule has 0 fully saturated rings. The van der Waals surface area contributed by atoms with E-state index in [0.717, 1.165) is 10.4 Å². The van der Waals surface area contributed by atoms with Gasteiger partial charge >= 0.3 is 0 Å². The van der Waals surface area contributed by atoms with Crippen molar-refractivity contribution in [2.45, 2.75) is 0 Å². The second-order valence-electron chi connectivity index (χ2n) is 3.48. The molecule has 0 N–H and O–H groups in total. The van der Waals surface area contributed by atoms with Gasteiger partial charge in [-0.3, -0.25) is 0 Å². The molecule has 0 saturated carbocycles. The molecule has 2 aromatic rings. The summed E-state index contributed by atoms with van der Waals surface area (Å²) in [6.07, 6.45) is 0. The molecule has 0 unspecified atom stereocenters. The molecule has 0 radical (unpaired) electrons. The quantitative estimate of drug-likeness (QED) is 0.779. The Morgan fingerprint density at radius 1 is 1.28 bits per heavy atom. The molecule has 0 amide bonds. The average Bonchev–Trinajstić information content (AvgIpc) is 2.93. The molecule has 1 aromatic heterocycles. The molecule has 0 aliphatic carbocycles. The summed E-state index contributed by atoms with van der Waals surface area (Å²) in [5, 5.41) is 11.6. The van der Waals surface area contributed by atoms with Crippen molar-refractivity contribution in [1.82, 2.24) is 0 Å². The summed E-state index contributed by atoms with van der Waals surface area (Å²) in [4.78, 5) is 0.855. The van der Waals surface area contributed by atoms with Gasteiger partial charge in [-0.15, -0.1) is 11.3 Å². The lowest BCUT2D eigenvalue weighted by atomic mass is 10.1. The third-order valence-corrected chi connectivity index (χ3v) is 3.72. The van der Waals surface area contributed by atoms with Gasteiger partial charge in [-0.1, -0.05) is 29.8 Å². The number of nitriles is 1. The second kappa shape index (κ2) is 5.72. The van der Waals surface area contributed by atoms with Crippen LogP contribution in [0.25, 0.3) is 10.6 Å². The fourth-order valence-corrected chi connectivity index (χ4v) is 2.68. The summed E-state index contributed by atoms with van der Waals surface area (Å²) in [6.45, 7) is 0. The van der Waals surface area contributed by atoms with Gasteiger partial charge in [0.2, 0.25) is 0 Å². The van der Waals surface area contributed by atoms with Crippen LogP contribution in [0.3, 0.4) is 0 Å². The minimum atomic E-state index is 0.414. The number of hydrogen-bond donors (Lipinski definition) is 0. The number of benzene rings is 1. The predicted octanol–water partition coefficient (Wildman–Crippen LogP) is 4.39. The monoisotopic (exact) mass is 275 g/mol. The molecule has 4 heteroatoms. The van der Waals surface area contributed by atoms with Crippen LogP contribution in [0.1, 0.15) is 10.4 Å². The third-order valence-electron chi connectivity index (χ3n) is 2.44. The molecule has 2 rings (SSSR count). The SMILES string of the molecule is COc1ccccc1C(Cl)=C(C#N)c1cccs1. The Labute approximate surface area is 115 Å². The topological polar surface area (TPSA) is 33.0 Å². The molecule has 0 atom stereocenters. The number of thiophene rings is 1. The van der Waals surface area contributed by atoms with E-state index in [4.69, 9.17) is 16.3 Å². The van der Waals surface area contributed by atoms with Crippen LogP contribution in [0.15, 0.2) is 41.8 Å². The lowest BCUT2D eigenvalue weighted by molar-refractivity contribution is 0.414. The van der Waals surface area contributed by atoms with Gasteiger partial charge in [-0.2, -0.15) is 5.26 Å². The van der Waals surface area contributed by atoms with E-state index in [1.165, 1.54) is 11.3 Å². The standard InChI is InChI=1S/C14H10ClNOS/c1-17-12-6-3-2-5-10(12)14(15)11(9-16)13-7-4-8-18-13/h2-8H,1H3. The maximum absolute atomic E-state index is 9.27. The fraction of sp³-hybridized carbons (Fsp3) is 0.0714. The number of methoxy groups -OCH3 is 1. The lowest BCUT2D eigenvalue weighted by Gasteiger charge is -2.08. The summed E-state index contributed by atoms with van der Waals surface area (Å²) in [7, 11) is 1.58. The smallest absolute Gasteiger partial charge is 0.127 e. The molecule has 0 aliphatic rings. The summed E-state index contributed by atoms with van der Waals surface area (Å²) in [6, 6.07) is 13.3. The summed E-state index contributed by atoms with van der Waals surface area (Å²) < 4.78 is 5.25. The molecule has 90 valence electrons. The van der Waals surface area contributed by atoms with E-state index in [1.54, 1.807) is 7.11 Å². The molecule has 0 bridgehead atoms. The summed E-state index contributed by atoms with van der Waals surface area (Å²) >= 11 is 7.82. The molecule has 1 heterocycles. The molecule has 18 heavy (non-hydrogen) atoms. The first-order chi connectivity index (χ1) is 8.77. The van der Waals surface area contributed by atoms with Crippen molar-refractivity contribution in [1.29, 1.82) is 5.26 Å². The average molecular weight is 276 g/mol. The maximum Gasteiger partial charge on any atom is 0.127 e. The first-order valence-electron chi connectivity index (χ1n) is 5.25. The van der Waals surface area contributed by atoms with Gasteiger partial charge in [0, 0.05) is 10.4 Å². The molecule has 0 aliphatic heterocycles. The van der Waals surface area contributed by atoms with Crippen LogP contribution in [-0.2, 0) is 0 Å². The fourth-order valence-electron chi connectivity index (χ4n) is 1.59. The van der Waals surface area contributed by atoms with Crippen molar-refractivity contribution in [2.75, 3.05) is 7.11 Å². The molecule has 1 aromatic carbocycles. The number of hydrogen-bond acceptors (Lipinski definition) is 3. The van der Waals surface area contributed by atoms with Gasteiger partial charge < -0.3 is 4.74 Å². The van der Waals surface area contributed by atoms with Crippen molar-refractivity contribution >= 4 is 33.5 Å². The molecule has 0 spiro atoms. The van der Waals surface area contributed by atoms with Crippen molar-refractivity contribution in [3.8, 4) is 11.8 Å². The van der Waals surface area contributed by atoms with E-state index in [-0.39, 0.29) is 0 Å². The zero-order valence-electron chi connectivity index (χ0n) is 9.68. The van der Waals surface area contributed by atoms with E-state index in [1.807, 2.05) is 41.8 Å². The molecule has 0 saturated heterocycles. The highest BCUT2D eigenvalue weighted by molar-refractivity contribution is 7.11. The van der Waals surface area contributed by atoms with Crippen LogP contribution in [0, 0.1) is 11.3 Å². The molecule has 2 nitrogen and oxygen atoms in total.